The maximum Gasteiger partial charge on any atom is 0.339 e. The van der Waals surface area contributed by atoms with E-state index >= 15 is 0 Å². The number of aryl methyl sites for hydroxylation is 1. The van der Waals surface area contributed by atoms with Gasteiger partial charge >= 0.3 is 5.97 Å². The lowest BCUT2D eigenvalue weighted by atomic mass is 10.1. The molecule has 2 aromatic rings. The number of hydrogen-bond acceptors (Lipinski definition) is 6. The molecule has 0 amide bonds. The molecule has 8 heteroatoms. The van der Waals surface area contributed by atoms with Crippen LogP contribution in [0.2, 0.25) is 0 Å². The van der Waals surface area contributed by atoms with Crippen LogP contribution in [0.25, 0.3) is 0 Å². The van der Waals surface area contributed by atoms with Crippen molar-refractivity contribution in [3.8, 4) is 5.75 Å². The minimum Gasteiger partial charge on any atom is -0.497 e. The van der Waals surface area contributed by atoms with E-state index in [1.165, 1.54) is 32.2 Å². The minimum absolute atomic E-state index is 0.0407. The summed E-state index contributed by atoms with van der Waals surface area (Å²) >= 11 is 0. The van der Waals surface area contributed by atoms with Crippen LogP contribution in [0.3, 0.4) is 0 Å². The fraction of sp³-hybridized carbons (Fsp3) is 0.300. The van der Waals surface area contributed by atoms with Gasteiger partial charge in [0.15, 0.2) is 6.10 Å². The van der Waals surface area contributed by atoms with Crippen molar-refractivity contribution in [3.05, 3.63) is 59.2 Å². The molecule has 1 unspecified atom stereocenters. The van der Waals surface area contributed by atoms with Crippen molar-refractivity contribution in [2.24, 2.45) is 0 Å². The number of ketones is 1. The van der Waals surface area contributed by atoms with Crippen LogP contribution in [-0.2, 0) is 14.8 Å². The molecule has 1 atom stereocenters. The third-order valence-electron chi connectivity index (χ3n) is 4.10. The molecule has 2 aromatic carbocycles. The summed E-state index contributed by atoms with van der Waals surface area (Å²) in [4.78, 5) is 25.0. The first-order valence-corrected chi connectivity index (χ1v) is 10.2. The molecule has 28 heavy (non-hydrogen) atoms. The highest BCUT2D eigenvalue weighted by atomic mass is 32.2. The lowest BCUT2D eigenvalue weighted by Gasteiger charge is -2.14. The van der Waals surface area contributed by atoms with Gasteiger partial charge in [-0.25, -0.2) is 17.9 Å². The fourth-order valence-corrected chi connectivity index (χ4v) is 3.60. The molecular weight excluding hydrogens is 382 g/mol. The standard InChI is InChI=1S/C20H23NO6S/c1-5-21-28(24,25)17-11-6-13(2)18(12-17)20(23)27-14(3)19(22)15-7-9-16(26-4)10-8-15/h6-12,14,21H,5H2,1-4H3. The molecule has 0 fully saturated rings. The SMILES string of the molecule is CCNS(=O)(=O)c1ccc(C)c(C(=O)OC(C)C(=O)c2ccc(OC)cc2)c1. The van der Waals surface area contributed by atoms with Crippen LogP contribution < -0.4 is 9.46 Å². The lowest BCUT2D eigenvalue weighted by Crippen LogP contribution is -2.26. The predicted molar refractivity (Wildman–Crippen MR) is 104 cm³/mol. The van der Waals surface area contributed by atoms with Crippen molar-refractivity contribution in [2.75, 3.05) is 13.7 Å². The maximum atomic E-state index is 12.5. The minimum atomic E-state index is -3.71. The summed E-state index contributed by atoms with van der Waals surface area (Å²) in [6.07, 6.45) is -1.03. The van der Waals surface area contributed by atoms with Crippen LogP contribution in [-0.4, -0.2) is 39.9 Å². The van der Waals surface area contributed by atoms with Gasteiger partial charge in [0.2, 0.25) is 15.8 Å². The zero-order valence-corrected chi connectivity index (χ0v) is 17.0. The summed E-state index contributed by atoms with van der Waals surface area (Å²) in [6.45, 7) is 5.02. The summed E-state index contributed by atoms with van der Waals surface area (Å²) in [7, 11) is -2.19. The van der Waals surface area contributed by atoms with Gasteiger partial charge in [0.05, 0.1) is 17.6 Å². The number of carbonyl (C=O) groups is 2. The Hall–Kier alpha value is -2.71. The number of benzene rings is 2. The Morgan fingerprint density at radius 3 is 2.32 bits per heavy atom. The van der Waals surface area contributed by atoms with Crippen LogP contribution >= 0.6 is 0 Å². The number of nitrogens with one attached hydrogen (secondary N) is 1. The van der Waals surface area contributed by atoms with E-state index in [1.807, 2.05) is 0 Å². The molecule has 1 N–H and O–H groups in total. The molecule has 0 aromatic heterocycles. The zero-order valence-electron chi connectivity index (χ0n) is 16.2. The maximum absolute atomic E-state index is 12.5. The number of esters is 1. The van der Waals surface area contributed by atoms with Crippen molar-refractivity contribution < 1.29 is 27.5 Å². The summed E-state index contributed by atoms with van der Waals surface area (Å²) in [6, 6.07) is 10.6. The monoisotopic (exact) mass is 405 g/mol. The molecule has 0 aliphatic heterocycles. The van der Waals surface area contributed by atoms with Gasteiger partial charge in [-0.05, 0) is 55.8 Å². The molecule has 0 radical (unpaired) electrons. The molecular formula is C20H23NO6S. The molecule has 0 saturated carbocycles. The second-order valence-corrected chi connectivity index (χ2v) is 7.89. The molecule has 0 aliphatic rings. The molecule has 0 saturated heterocycles. The van der Waals surface area contributed by atoms with Gasteiger partial charge in [-0.3, -0.25) is 4.79 Å². The van der Waals surface area contributed by atoms with Crippen molar-refractivity contribution in [1.29, 1.82) is 0 Å². The smallest absolute Gasteiger partial charge is 0.339 e. The summed E-state index contributed by atoms with van der Waals surface area (Å²) in [5.41, 5.74) is 1.01. The number of carbonyl (C=O) groups excluding carboxylic acids is 2. The van der Waals surface area contributed by atoms with Gasteiger partial charge in [-0.15, -0.1) is 0 Å². The van der Waals surface area contributed by atoms with Gasteiger partial charge in [-0.1, -0.05) is 13.0 Å². The topological polar surface area (TPSA) is 98.8 Å². The van der Waals surface area contributed by atoms with Crippen molar-refractivity contribution in [1.82, 2.24) is 4.72 Å². The third-order valence-corrected chi connectivity index (χ3v) is 5.64. The normalized spacial score (nSPS) is 12.3. The molecule has 0 spiro atoms. The Kier molecular flexibility index (Phi) is 6.93. The second kappa shape index (κ2) is 8.99. The van der Waals surface area contributed by atoms with E-state index in [0.717, 1.165) is 0 Å². The van der Waals surface area contributed by atoms with Crippen molar-refractivity contribution >= 4 is 21.8 Å². The third kappa shape index (κ3) is 4.96. The van der Waals surface area contributed by atoms with E-state index in [1.54, 1.807) is 38.1 Å². The number of hydrogen-bond donors (Lipinski definition) is 1. The molecule has 150 valence electrons. The molecule has 0 bridgehead atoms. The summed E-state index contributed by atoms with van der Waals surface area (Å²) in [5, 5.41) is 0. The first-order chi connectivity index (χ1) is 13.2. The first kappa shape index (κ1) is 21.6. The number of sulfonamides is 1. The van der Waals surface area contributed by atoms with Crippen LogP contribution in [0.5, 0.6) is 5.75 Å². The average Bonchev–Trinajstić information content (AvgIpc) is 2.67. The summed E-state index contributed by atoms with van der Waals surface area (Å²) < 4.78 is 37.0. The average molecular weight is 405 g/mol. The summed E-state index contributed by atoms with van der Waals surface area (Å²) in [5.74, 6) is -0.527. The number of Topliss-reactive ketones (excluding diaryl/α,β-unsaturated/α-hetero) is 1. The Morgan fingerprint density at radius 1 is 1.11 bits per heavy atom. The Morgan fingerprint density at radius 2 is 1.75 bits per heavy atom. The lowest BCUT2D eigenvalue weighted by molar-refractivity contribution is 0.0318. The van der Waals surface area contributed by atoms with E-state index in [9.17, 15) is 18.0 Å². The van der Waals surface area contributed by atoms with Crippen molar-refractivity contribution in [3.63, 3.8) is 0 Å². The van der Waals surface area contributed by atoms with Gasteiger partial charge < -0.3 is 9.47 Å². The highest BCUT2D eigenvalue weighted by molar-refractivity contribution is 7.89. The molecule has 7 nitrogen and oxygen atoms in total. The highest BCUT2D eigenvalue weighted by Gasteiger charge is 2.23. The van der Waals surface area contributed by atoms with Crippen molar-refractivity contribution in [2.45, 2.75) is 31.8 Å². The molecule has 2 rings (SSSR count). The van der Waals surface area contributed by atoms with Gasteiger partial charge in [0.25, 0.3) is 0 Å². The van der Waals surface area contributed by atoms with Crippen LogP contribution in [0.15, 0.2) is 47.4 Å². The quantitative estimate of drug-likeness (QED) is 0.536. The highest BCUT2D eigenvalue weighted by Crippen LogP contribution is 2.19. The van der Waals surface area contributed by atoms with E-state index in [2.05, 4.69) is 4.72 Å². The number of rotatable bonds is 8. The predicted octanol–water partition coefficient (Wildman–Crippen LogP) is 2.73. The van der Waals surface area contributed by atoms with E-state index < -0.39 is 22.1 Å². The number of ether oxygens (including phenoxy) is 2. The van der Waals surface area contributed by atoms with Crippen LogP contribution in [0, 0.1) is 6.92 Å². The zero-order chi connectivity index (χ0) is 20.9. The Balaban J connectivity index is 2.20. The van der Waals surface area contributed by atoms with Gasteiger partial charge in [-0.2, -0.15) is 0 Å². The second-order valence-electron chi connectivity index (χ2n) is 6.12. The number of methoxy groups -OCH3 is 1. The Bertz CT molecular complexity index is 967. The van der Waals surface area contributed by atoms with Crippen LogP contribution in [0.1, 0.15) is 40.1 Å². The van der Waals surface area contributed by atoms with E-state index in [-0.39, 0.29) is 22.8 Å². The first-order valence-electron chi connectivity index (χ1n) is 8.69. The van der Waals surface area contributed by atoms with E-state index in [4.69, 9.17) is 9.47 Å². The largest absolute Gasteiger partial charge is 0.497 e. The van der Waals surface area contributed by atoms with Crippen LogP contribution in [0.4, 0.5) is 0 Å². The fourth-order valence-electron chi connectivity index (χ4n) is 2.53. The molecule has 0 aliphatic carbocycles. The Labute approximate surface area is 164 Å². The molecule has 0 heterocycles. The van der Waals surface area contributed by atoms with E-state index in [0.29, 0.717) is 16.9 Å². The van der Waals surface area contributed by atoms with Gasteiger partial charge in [0, 0.05) is 12.1 Å². The van der Waals surface area contributed by atoms with Gasteiger partial charge in [0.1, 0.15) is 5.75 Å².